The van der Waals surface area contributed by atoms with Gasteiger partial charge in [-0.05, 0) is 24.6 Å². The van der Waals surface area contributed by atoms with Crippen LogP contribution in [0.5, 0.6) is 0 Å². The lowest BCUT2D eigenvalue weighted by Crippen LogP contribution is -2.07. The second-order valence-electron chi connectivity index (χ2n) is 4.31. The minimum Gasteiger partial charge on any atom is -0.399 e. The first kappa shape index (κ1) is 12.6. The summed E-state index contributed by atoms with van der Waals surface area (Å²) in [4.78, 5) is 0.284. The average Bonchev–Trinajstić information content (AvgIpc) is 2.66. The van der Waals surface area contributed by atoms with Gasteiger partial charge in [-0.15, -0.1) is 0 Å². The molecular weight excluding hydrogens is 250 g/mol. The van der Waals surface area contributed by atoms with Crippen molar-refractivity contribution in [1.29, 1.82) is 0 Å². The fourth-order valence-corrected chi connectivity index (χ4v) is 3.41. The molecule has 0 aliphatic heterocycles. The molecule has 5 nitrogen and oxygen atoms in total. The van der Waals surface area contributed by atoms with E-state index in [1.54, 1.807) is 43.2 Å². The minimum absolute atomic E-state index is 0.0644. The van der Waals surface area contributed by atoms with E-state index in [1.807, 2.05) is 0 Å². The summed E-state index contributed by atoms with van der Waals surface area (Å²) >= 11 is 0. The van der Waals surface area contributed by atoms with Gasteiger partial charge >= 0.3 is 0 Å². The fraction of sp³-hybridized carbons (Fsp3) is 0.250. The SMILES string of the molecule is Cc1ccc(N)cc1S(=O)(=O)Cc1cnn(C)c1. The molecule has 1 heterocycles. The fourth-order valence-electron chi connectivity index (χ4n) is 1.80. The summed E-state index contributed by atoms with van der Waals surface area (Å²) in [5.41, 5.74) is 7.46. The second kappa shape index (κ2) is 4.45. The van der Waals surface area contributed by atoms with Gasteiger partial charge in [0.1, 0.15) is 0 Å². The Morgan fingerprint density at radius 3 is 2.72 bits per heavy atom. The molecule has 96 valence electrons. The van der Waals surface area contributed by atoms with Crippen molar-refractivity contribution in [2.45, 2.75) is 17.6 Å². The van der Waals surface area contributed by atoms with E-state index in [-0.39, 0.29) is 10.6 Å². The summed E-state index contributed by atoms with van der Waals surface area (Å²) in [7, 11) is -1.63. The van der Waals surface area contributed by atoms with Crippen molar-refractivity contribution in [2.24, 2.45) is 7.05 Å². The van der Waals surface area contributed by atoms with Crippen LogP contribution in [0.4, 0.5) is 5.69 Å². The van der Waals surface area contributed by atoms with E-state index in [4.69, 9.17) is 5.73 Å². The maximum atomic E-state index is 12.3. The number of aromatic nitrogens is 2. The summed E-state index contributed by atoms with van der Waals surface area (Å²) in [6, 6.07) is 4.91. The van der Waals surface area contributed by atoms with Gasteiger partial charge in [0.25, 0.3) is 0 Å². The predicted molar refractivity (Wildman–Crippen MR) is 69.7 cm³/mol. The van der Waals surface area contributed by atoms with Gasteiger partial charge in [-0.25, -0.2) is 8.42 Å². The maximum Gasteiger partial charge on any atom is 0.182 e. The van der Waals surface area contributed by atoms with Gasteiger partial charge in [0.05, 0.1) is 16.8 Å². The Bertz CT molecular complexity index is 674. The monoisotopic (exact) mass is 265 g/mol. The highest BCUT2D eigenvalue weighted by Gasteiger charge is 2.18. The average molecular weight is 265 g/mol. The molecule has 0 saturated carbocycles. The van der Waals surface area contributed by atoms with Crippen molar-refractivity contribution in [1.82, 2.24) is 9.78 Å². The van der Waals surface area contributed by atoms with Crippen molar-refractivity contribution in [2.75, 3.05) is 5.73 Å². The molecule has 2 rings (SSSR count). The van der Waals surface area contributed by atoms with Crippen LogP contribution in [0, 0.1) is 6.92 Å². The van der Waals surface area contributed by atoms with E-state index in [1.165, 1.54) is 6.07 Å². The first-order valence-corrected chi connectivity index (χ1v) is 7.10. The molecule has 1 aromatic carbocycles. The molecule has 2 N–H and O–H groups in total. The highest BCUT2D eigenvalue weighted by atomic mass is 32.2. The summed E-state index contributed by atoms with van der Waals surface area (Å²) in [5, 5.41) is 3.96. The summed E-state index contributed by atoms with van der Waals surface area (Å²) in [6.45, 7) is 1.76. The molecular formula is C12H15N3O2S. The van der Waals surface area contributed by atoms with Crippen LogP contribution in [0.15, 0.2) is 35.5 Å². The Morgan fingerprint density at radius 1 is 1.39 bits per heavy atom. The number of anilines is 1. The Kier molecular flexibility index (Phi) is 3.13. The number of aryl methyl sites for hydroxylation is 2. The molecule has 0 bridgehead atoms. The molecule has 0 aliphatic carbocycles. The highest BCUT2D eigenvalue weighted by Crippen LogP contribution is 2.22. The van der Waals surface area contributed by atoms with Gasteiger partial charge < -0.3 is 5.73 Å². The number of hydrogen-bond donors (Lipinski definition) is 1. The molecule has 2 aromatic rings. The smallest absolute Gasteiger partial charge is 0.182 e. The van der Waals surface area contributed by atoms with Crippen LogP contribution in [-0.4, -0.2) is 18.2 Å². The van der Waals surface area contributed by atoms with E-state index in [2.05, 4.69) is 5.10 Å². The predicted octanol–water partition coefficient (Wildman–Crippen LogP) is 1.28. The van der Waals surface area contributed by atoms with Gasteiger partial charge in [-0.3, -0.25) is 4.68 Å². The van der Waals surface area contributed by atoms with E-state index >= 15 is 0 Å². The number of nitrogen functional groups attached to an aromatic ring is 1. The molecule has 0 amide bonds. The van der Waals surface area contributed by atoms with Crippen molar-refractivity contribution in [3.8, 4) is 0 Å². The number of hydrogen-bond acceptors (Lipinski definition) is 4. The van der Waals surface area contributed by atoms with Gasteiger partial charge in [-0.1, -0.05) is 6.07 Å². The number of nitrogens with two attached hydrogens (primary N) is 1. The van der Waals surface area contributed by atoms with Crippen molar-refractivity contribution >= 4 is 15.5 Å². The zero-order valence-electron chi connectivity index (χ0n) is 10.3. The van der Waals surface area contributed by atoms with Crippen molar-refractivity contribution < 1.29 is 8.42 Å². The van der Waals surface area contributed by atoms with Gasteiger partial charge in [0.2, 0.25) is 0 Å². The lowest BCUT2D eigenvalue weighted by Gasteiger charge is -2.07. The lowest BCUT2D eigenvalue weighted by atomic mass is 10.2. The molecule has 1 aromatic heterocycles. The number of rotatable bonds is 3. The molecule has 0 saturated heterocycles. The Balaban J connectivity index is 2.39. The highest BCUT2D eigenvalue weighted by molar-refractivity contribution is 7.90. The van der Waals surface area contributed by atoms with Crippen molar-refractivity contribution in [3.05, 3.63) is 41.7 Å². The Labute approximate surface area is 106 Å². The van der Waals surface area contributed by atoms with Crippen LogP contribution in [-0.2, 0) is 22.6 Å². The summed E-state index contributed by atoms with van der Waals surface area (Å²) in [6.07, 6.45) is 3.25. The molecule has 0 atom stereocenters. The summed E-state index contributed by atoms with van der Waals surface area (Å²) < 4.78 is 26.2. The third kappa shape index (κ3) is 2.53. The quantitative estimate of drug-likeness (QED) is 0.848. The molecule has 6 heteroatoms. The molecule has 0 unspecified atom stereocenters. The lowest BCUT2D eigenvalue weighted by molar-refractivity contribution is 0.594. The second-order valence-corrected chi connectivity index (χ2v) is 6.26. The molecule has 0 spiro atoms. The topological polar surface area (TPSA) is 78.0 Å². The normalized spacial score (nSPS) is 11.7. The number of benzene rings is 1. The zero-order chi connectivity index (χ0) is 13.3. The van der Waals surface area contributed by atoms with Crippen LogP contribution in [0.2, 0.25) is 0 Å². The van der Waals surface area contributed by atoms with Gasteiger partial charge in [-0.2, -0.15) is 5.10 Å². The van der Waals surface area contributed by atoms with Gasteiger partial charge in [0.15, 0.2) is 9.84 Å². The molecule has 0 fully saturated rings. The van der Waals surface area contributed by atoms with E-state index < -0.39 is 9.84 Å². The Hall–Kier alpha value is -1.82. The number of sulfone groups is 1. The first-order valence-electron chi connectivity index (χ1n) is 5.45. The van der Waals surface area contributed by atoms with Crippen LogP contribution < -0.4 is 5.73 Å². The van der Waals surface area contributed by atoms with E-state index in [0.717, 1.165) is 0 Å². The zero-order valence-corrected chi connectivity index (χ0v) is 11.1. The molecule has 18 heavy (non-hydrogen) atoms. The maximum absolute atomic E-state index is 12.3. The first-order chi connectivity index (χ1) is 8.38. The summed E-state index contributed by atoms with van der Waals surface area (Å²) in [5.74, 6) is -0.0644. The van der Waals surface area contributed by atoms with Crippen LogP contribution in [0.3, 0.4) is 0 Å². The van der Waals surface area contributed by atoms with Crippen LogP contribution in [0.25, 0.3) is 0 Å². The third-order valence-electron chi connectivity index (χ3n) is 2.66. The van der Waals surface area contributed by atoms with Crippen LogP contribution in [0.1, 0.15) is 11.1 Å². The van der Waals surface area contributed by atoms with E-state index in [0.29, 0.717) is 16.8 Å². The van der Waals surface area contributed by atoms with Crippen LogP contribution >= 0.6 is 0 Å². The largest absolute Gasteiger partial charge is 0.399 e. The van der Waals surface area contributed by atoms with Gasteiger partial charge in [0, 0.05) is 24.5 Å². The Morgan fingerprint density at radius 2 is 2.11 bits per heavy atom. The molecule has 0 aliphatic rings. The number of nitrogens with zero attached hydrogens (tertiary/aromatic N) is 2. The molecule has 0 radical (unpaired) electrons. The minimum atomic E-state index is -3.39. The third-order valence-corrected chi connectivity index (χ3v) is 4.49. The van der Waals surface area contributed by atoms with Crippen molar-refractivity contribution in [3.63, 3.8) is 0 Å². The van der Waals surface area contributed by atoms with E-state index in [9.17, 15) is 8.42 Å². The standard InChI is InChI=1S/C12H15N3O2S/c1-9-3-4-11(13)5-12(9)18(16,17)8-10-6-14-15(2)7-10/h3-7H,8,13H2,1-2H3.